The van der Waals surface area contributed by atoms with Gasteiger partial charge in [0.1, 0.15) is 6.23 Å². The lowest BCUT2D eigenvalue weighted by Gasteiger charge is -2.29. The molecule has 1 aromatic carbocycles. The van der Waals surface area contributed by atoms with Gasteiger partial charge in [0.15, 0.2) is 0 Å². The van der Waals surface area contributed by atoms with E-state index in [4.69, 9.17) is 14.9 Å². The Hall–Kier alpha value is -2.64. The second kappa shape index (κ2) is 9.61. The minimum atomic E-state index is -1.26. The Kier molecular flexibility index (Phi) is 7.84. The van der Waals surface area contributed by atoms with E-state index in [1.54, 1.807) is 7.11 Å². The standard InChI is InChI=1S/C14H20N2O.C4H4O4/c1-11(15(2)3)14(17-4)16-10-9-12-7-5-6-8-13(12)16;5-3(6)1-2-4(7)8/h5-11,14H,1-4H3;1-2H,(H,5,6)(H,7,8)/b;2-1-. The van der Waals surface area contributed by atoms with Crippen molar-refractivity contribution in [2.75, 3.05) is 21.2 Å². The summed E-state index contributed by atoms with van der Waals surface area (Å²) >= 11 is 0. The molecular weight excluding hydrogens is 324 g/mol. The van der Waals surface area contributed by atoms with Gasteiger partial charge in [-0.15, -0.1) is 0 Å². The van der Waals surface area contributed by atoms with Gasteiger partial charge in [0.25, 0.3) is 0 Å². The zero-order chi connectivity index (χ0) is 19.0. The number of ether oxygens (including phenoxy) is 1. The number of benzene rings is 1. The lowest BCUT2D eigenvalue weighted by molar-refractivity contribution is -0.134. The molecule has 25 heavy (non-hydrogen) atoms. The molecule has 0 aliphatic carbocycles. The predicted molar refractivity (Wildman–Crippen MR) is 95.5 cm³/mol. The molecule has 2 aromatic rings. The third-order valence-corrected chi connectivity index (χ3v) is 3.74. The molecule has 0 spiro atoms. The summed E-state index contributed by atoms with van der Waals surface area (Å²) in [4.78, 5) is 21.3. The van der Waals surface area contributed by atoms with E-state index in [2.05, 4.69) is 67.0 Å². The number of para-hydroxylation sites is 1. The van der Waals surface area contributed by atoms with E-state index in [0.717, 1.165) is 0 Å². The predicted octanol–water partition coefficient (Wildman–Crippen LogP) is 2.45. The maximum absolute atomic E-state index is 9.55. The van der Waals surface area contributed by atoms with Gasteiger partial charge in [0.2, 0.25) is 0 Å². The summed E-state index contributed by atoms with van der Waals surface area (Å²) in [5, 5.41) is 16.9. The number of aromatic nitrogens is 1. The maximum atomic E-state index is 9.55. The first-order valence-corrected chi connectivity index (χ1v) is 7.66. The molecule has 7 heteroatoms. The smallest absolute Gasteiger partial charge is 0.328 e. The topological polar surface area (TPSA) is 92.0 Å². The molecule has 0 saturated heterocycles. The largest absolute Gasteiger partial charge is 0.478 e. The normalized spacial score (nSPS) is 13.5. The summed E-state index contributed by atoms with van der Waals surface area (Å²) in [5.41, 5.74) is 1.22. The van der Waals surface area contributed by atoms with Gasteiger partial charge in [-0.3, -0.25) is 0 Å². The molecule has 2 atom stereocenters. The highest BCUT2D eigenvalue weighted by Crippen LogP contribution is 2.24. The van der Waals surface area contributed by atoms with Gasteiger partial charge in [-0.2, -0.15) is 0 Å². The van der Waals surface area contributed by atoms with E-state index in [9.17, 15) is 9.59 Å². The van der Waals surface area contributed by atoms with Crippen LogP contribution in [0.2, 0.25) is 0 Å². The molecule has 0 fully saturated rings. The van der Waals surface area contributed by atoms with Gasteiger partial charge < -0.3 is 24.4 Å². The average Bonchev–Trinajstić information content (AvgIpc) is 2.98. The zero-order valence-corrected chi connectivity index (χ0v) is 14.8. The van der Waals surface area contributed by atoms with Gasteiger partial charge in [-0.25, -0.2) is 9.59 Å². The van der Waals surface area contributed by atoms with Crippen LogP contribution in [0.5, 0.6) is 0 Å². The van der Waals surface area contributed by atoms with Gasteiger partial charge in [0.05, 0.1) is 11.6 Å². The molecule has 0 aliphatic rings. The second-order valence-electron chi connectivity index (χ2n) is 5.62. The molecule has 136 valence electrons. The highest BCUT2D eigenvalue weighted by molar-refractivity contribution is 5.89. The van der Waals surface area contributed by atoms with Gasteiger partial charge >= 0.3 is 11.9 Å². The molecule has 1 heterocycles. The zero-order valence-electron chi connectivity index (χ0n) is 14.8. The number of hydrogen-bond donors (Lipinski definition) is 2. The molecule has 0 amide bonds. The Labute approximate surface area is 146 Å². The van der Waals surface area contributed by atoms with Crippen molar-refractivity contribution in [3.05, 3.63) is 48.7 Å². The fraction of sp³-hybridized carbons (Fsp3) is 0.333. The van der Waals surface area contributed by atoms with Crippen molar-refractivity contribution < 1.29 is 24.5 Å². The number of carbonyl (C=O) groups is 2. The van der Waals surface area contributed by atoms with E-state index in [0.29, 0.717) is 18.2 Å². The van der Waals surface area contributed by atoms with E-state index < -0.39 is 11.9 Å². The van der Waals surface area contributed by atoms with Crippen LogP contribution in [-0.2, 0) is 14.3 Å². The van der Waals surface area contributed by atoms with Crippen LogP contribution >= 0.6 is 0 Å². The SMILES string of the molecule is COC(C(C)N(C)C)n1ccc2ccccc21.O=C(O)/C=C\C(=O)O. The van der Waals surface area contributed by atoms with Crippen molar-refractivity contribution in [3.63, 3.8) is 0 Å². The molecule has 7 nitrogen and oxygen atoms in total. The summed E-state index contributed by atoms with van der Waals surface area (Å²) in [5.74, 6) is -2.51. The van der Waals surface area contributed by atoms with Gasteiger partial charge in [-0.05, 0) is 38.5 Å². The first kappa shape index (κ1) is 20.4. The molecule has 2 N–H and O–H groups in total. The summed E-state index contributed by atoms with van der Waals surface area (Å²) in [7, 11) is 5.91. The van der Waals surface area contributed by atoms with Crippen LogP contribution in [-0.4, -0.2) is 58.9 Å². The fourth-order valence-electron chi connectivity index (χ4n) is 2.27. The number of aliphatic carboxylic acids is 2. The number of carboxylic acids is 2. The van der Waals surface area contributed by atoms with Gasteiger partial charge in [-0.1, -0.05) is 18.2 Å². The minimum absolute atomic E-state index is 0.0323. The second-order valence-corrected chi connectivity index (χ2v) is 5.62. The van der Waals surface area contributed by atoms with E-state index in [1.807, 2.05) is 0 Å². The van der Waals surface area contributed by atoms with E-state index >= 15 is 0 Å². The van der Waals surface area contributed by atoms with Crippen LogP contribution in [0.25, 0.3) is 10.9 Å². The van der Waals surface area contributed by atoms with Gasteiger partial charge in [0, 0.05) is 25.5 Å². The Morgan fingerprint density at radius 1 is 1.12 bits per heavy atom. The third-order valence-electron chi connectivity index (χ3n) is 3.74. The van der Waals surface area contributed by atoms with Crippen LogP contribution in [0.1, 0.15) is 13.2 Å². The molecule has 0 bridgehead atoms. The number of methoxy groups -OCH3 is 1. The Morgan fingerprint density at radius 3 is 2.16 bits per heavy atom. The van der Waals surface area contributed by atoms with Crippen LogP contribution in [0.3, 0.4) is 0 Å². The summed E-state index contributed by atoms with van der Waals surface area (Å²) in [6.07, 6.45) is 3.24. The lowest BCUT2D eigenvalue weighted by Crippen LogP contribution is -2.35. The summed E-state index contributed by atoms with van der Waals surface area (Å²) in [6, 6.07) is 10.8. The number of rotatable bonds is 6. The Bertz CT molecular complexity index is 720. The van der Waals surface area contributed by atoms with Crippen LogP contribution < -0.4 is 0 Å². The van der Waals surface area contributed by atoms with Crippen molar-refractivity contribution in [3.8, 4) is 0 Å². The van der Waals surface area contributed by atoms with Crippen molar-refractivity contribution in [1.29, 1.82) is 0 Å². The van der Waals surface area contributed by atoms with Crippen molar-refractivity contribution in [2.45, 2.75) is 19.2 Å². The number of nitrogens with zero attached hydrogens (tertiary/aromatic N) is 2. The van der Waals surface area contributed by atoms with Crippen LogP contribution in [0, 0.1) is 0 Å². The van der Waals surface area contributed by atoms with E-state index in [-0.39, 0.29) is 6.23 Å². The average molecular weight is 348 g/mol. The van der Waals surface area contributed by atoms with Crippen LogP contribution in [0.4, 0.5) is 0 Å². The quantitative estimate of drug-likeness (QED) is 0.779. The summed E-state index contributed by atoms with van der Waals surface area (Å²) in [6.45, 7) is 2.17. The van der Waals surface area contributed by atoms with Crippen molar-refractivity contribution in [2.24, 2.45) is 0 Å². The molecule has 2 rings (SSSR count). The minimum Gasteiger partial charge on any atom is -0.478 e. The fourth-order valence-corrected chi connectivity index (χ4v) is 2.27. The number of fused-ring (bicyclic) bond motifs is 1. The number of hydrogen-bond acceptors (Lipinski definition) is 4. The Morgan fingerprint density at radius 2 is 1.68 bits per heavy atom. The molecular formula is C18H24N2O5. The van der Waals surface area contributed by atoms with Crippen LogP contribution in [0.15, 0.2) is 48.7 Å². The lowest BCUT2D eigenvalue weighted by atomic mass is 10.2. The monoisotopic (exact) mass is 348 g/mol. The molecule has 0 aliphatic heterocycles. The molecule has 1 aromatic heterocycles. The van der Waals surface area contributed by atoms with Crippen molar-refractivity contribution in [1.82, 2.24) is 9.47 Å². The first-order valence-electron chi connectivity index (χ1n) is 7.66. The number of likely N-dealkylation sites (N-methyl/N-ethyl adjacent to an activating group) is 1. The first-order chi connectivity index (χ1) is 11.8. The summed E-state index contributed by atoms with van der Waals surface area (Å²) < 4.78 is 7.84. The van der Waals surface area contributed by atoms with Crippen molar-refractivity contribution >= 4 is 22.8 Å². The maximum Gasteiger partial charge on any atom is 0.328 e. The third kappa shape index (κ3) is 6.06. The highest BCUT2D eigenvalue weighted by Gasteiger charge is 2.21. The molecule has 0 saturated carbocycles. The van der Waals surface area contributed by atoms with E-state index in [1.165, 1.54) is 10.9 Å². The molecule has 0 radical (unpaired) electrons. The Balaban J connectivity index is 0.000000333. The number of carboxylic acid groups (broad SMARTS) is 2. The highest BCUT2D eigenvalue weighted by atomic mass is 16.5. The molecule has 2 unspecified atom stereocenters.